The minimum Gasteiger partial charge on any atom is -0.385 e. The largest absolute Gasteiger partial charge is 0.385 e. The Morgan fingerprint density at radius 1 is 1.56 bits per heavy atom. The van der Waals surface area contributed by atoms with Gasteiger partial charge in [0.25, 0.3) is 5.56 Å². The van der Waals surface area contributed by atoms with Crippen molar-refractivity contribution < 1.29 is 0 Å². The average molecular weight is 266 g/mol. The molecule has 0 bridgehead atoms. The summed E-state index contributed by atoms with van der Waals surface area (Å²) in [4.78, 5) is 30.5. The Morgan fingerprint density at radius 2 is 2.28 bits per heavy atom. The van der Waals surface area contributed by atoms with Crippen molar-refractivity contribution in [1.82, 2.24) is 14.5 Å². The van der Waals surface area contributed by atoms with E-state index >= 15 is 0 Å². The first-order valence-electron chi connectivity index (χ1n) is 5.59. The van der Waals surface area contributed by atoms with Gasteiger partial charge in [-0.25, -0.2) is 9.78 Å². The number of anilines is 1. The molecule has 1 unspecified atom stereocenters. The third-order valence-corrected chi connectivity index (χ3v) is 3.98. The molecule has 96 valence electrons. The first kappa shape index (κ1) is 12.6. The number of H-pyrrole nitrogens is 1. The molecule has 2 aromatic rings. The predicted octanol–water partition coefficient (Wildman–Crippen LogP) is 0.747. The number of nitrogens with one attached hydrogen (secondary N) is 1. The summed E-state index contributed by atoms with van der Waals surface area (Å²) in [6.45, 7) is 3.87. The second-order valence-corrected chi connectivity index (χ2v) is 5.07. The number of hydrogen-bond acceptors (Lipinski definition) is 5. The van der Waals surface area contributed by atoms with E-state index in [1.165, 1.54) is 22.0 Å². The lowest BCUT2D eigenvalue weighted by atomic mass is 10.3. The minimum atomic E-state index is -0.513. The molecule has 0 radical (unpaired) electrons. The highest BCUT2D eigenvalue weighted by Crippen LogP contribution is 2.23. The molecule has 18 heavy (non-hydrogen) atoms. The maximum Gasteiger partial charge on any atom is 0.330 e. The molecule has 7 heteroatoms. The maximum absolute atomic E-state index is 11.8. The Labute approximate surface area is 107 Å². The lowest BCUT2D eigenvalue weighted by Gasteiger charge is -2.14. The van der Waals surface area contributed by atoms with Gasteiger partial charge < -0.3 is 5.73 Å². The topological polar surface area (TPSA) is 93.8 Å². The number of thiazole rings is 1. The SMILES string of the molecule is CCc1cnc(C(C)n2c(N)cc(=O)[nH]c2=O)s1. The van der Waals surface area contributed by atoms with E-state index < -0.39 is 11.2 Å². The Kier molecular flexibility index (Phi) is 3.33. The predicted molar refractivity (Wildman–Crippen MR) is 71.0 cm³/mol. The first-order valence-corrected chi connectivity index (χ1v) is 6.40. The molecule has 0 amide bonds. The molecule has 6 nitrogen and oxygen atoms in total. The van der Waals surface area contributed by atoms with Crippen molar-refractivity contribution in [3.63, 3.8) is 0 Å². The van der Waals surface area contributed by atoms with Crippen LogP contribution >= 0.6 is 11.3 Å². The maximum atomic E-state index is 11.8. The number of aromatic nitrogens is 3. The van der Waals surface area contributed by atoms with Crippen LogP contribution in [0.15, 0.2) is 21.9 Å². The summed E-state index contributed by atoms with van der Waals surface area (Å²) < 4.78 is 1.33. The number of nitrogen functional groups attached to an aromatic ring is 1. The fraction of sp³-hybridized carbons (Fsp3) is 0.364. The van der Waals surface area contributed by atoms with Gasteiger partial charge in [-0.05, 0) is 13.3 Å². The van der Waals surface area contributed by atoms with Crippen molar-refractivity contribution in [2.75, 3.05) is 5.73 Å². The summed E-state index contributed by atoms with van der Waals surface area (Å²) in [6, 6.07) is 0.909. The lowest BCUT2D eigenvalue weighted by Crippen LogP contribution is -2.33. The first-order chi connectivity index (χ1) is 8.52. The third kappa shape index (κ3) is 2.21. The van der Waals surface area contributed by atoms with Crippen LogP contribution in [0.4, 0.5) is 5.82 Å². The number of aryl methyl sites for hydroxylation is 1. The van der Waals surface area contributed by atoms with Crippen molar-refractivity contribution in [3.8, 4) is 0 Å². The Hall–Kier alpha value is -1.89. The molecule has 0 saturated heterocycles. The molecular formula is C11H14N4O2S. The van der Waals surface area contributed by atoms with Crippen molar-refractivity contribution in [2.45, 2.75) is 26.3 Å². The summed E-state index contributed by atoms with van der Waals surface area (Å²) in [5.41, 5.74) is 4.72. The van der Waals surface area contributed by atoms with Gasteiger partial charge in [-0.3, -0.25) is 14.3 Å². The van der Waals surface area contributed by atoms with E-state index in [-0.39, 0.29) is 11.9 Å². The molecule has 2 heterocycles. The number of nitrogens with zero attached hydrogens (tertiary/aromatic N) is 2. The zero-order valence-corrected chi connectivity index (χ0v) is 11.0. The van der Waals surface area contributed by atoms with E-state index in [4.69, 9.17) is 5.73 Å². The van der Waals surface area contributed by atoms with Crippen molar-refractivity contribution in [1.29, 1.82) is 0 Å². The summed E-state index contributed by atoms with van der Waals surface area (Å²) in [7, 11) is 0. The van der Waals surface area contributed by atoms with Crippen molar-refractivity contribution >= 4 is 17.2 Å². The van der Waals surface area contributed by atoms with Crippen LogP contribution in [0.1, 0.15) is 29.8 Å². The van der Waals surface area contributed by atoms with E-state index in [1.54, 1.807) is 6.20 Å². The van der Waals surface area contributed by atoms with Gasteiger partial charge >= 0.3 is 5.69 Å². The molecule has 0 aliphatic rings. The van der Waals surface area contributed by atoms with Gasteiger partial charge in [0.1, 0.15) is 10.8 Å². The van der Waals surface area contributed by atoms with Crippen LogP contribution < -0.4 is 17.0 Å². The van der Waals surface area contributed by atoms with Crippen LogP contribution in [0.5, 0.6) is 0 Å². The van der Waals surface area contributed by atoms with Crippen LogP contribution in [0, 0.1) is 0 Å². The number of rotatable bonds is 3. The molecule has 2 rings (SSSR count). The number of hydrogen-bond donors (Lipinski definition) is 2. The molecule has 0 fully saturated rings. The summed E-state index contributed by atoms with van der Waals surface area (Å²) in [5.74, 6) is 0.143. The number of aromatic amines is 1. The van der Waals surface area contributed by atoms with Gasteiger partial charge in [0.2, 0.25) is 0 Å². The van der Waals surface area contributed by atoms with E-state index in [9.17, 15) is 9.59 Å². The average Bonchev–Trinajstić information content (AvgIpc) is 2.75. The van der Waals surface area contributed by atoms with Gasteiger partial charge in [-0.1, -0.05) is 6.92 Å². The molecule has 0 spiro atoms. The van der Waals surface area contributed by atoms with Gasteiger partial charge in [-0.2, -0.15) is 0 Å². The summed E-state index contributed by atoms with van der Waals surface area (Å²) in [5, 5.41) is 0.799. The van der Waals surface area contributed by atoms with E-state index in [0.717, 1.165) is 16.3 Å². The Morgan fingerprint density at radius 3 is 2.83 bits per heavy atom. The van der Waals surface area contributed by atoms with Gasteiger partial charge in [0, 0.05) is 17.1 Å². The quantitative estimate of drug-likeness (QED) is 0.857. The minimum absolute atomic E-state index is 0.143. The fourth-order valence-electron chi connectivity index (χ4n) is 1.71. The normalized spacial score (nSPS) is 12.6. The van der Waals surface area contributed by atoms with E-state index in [2.05, 4.69) is 9.97 Å². The van der Waals surface area contributed by atoms with Gasteiger partial charge in [0.15, 0.2) is 0 Å². The molecule has 3 N–H and O–H groups in total. The van der Waals surface area contributed by atoms with Crippen molar-refractivity contribution in [2.24, 2.45) is 0 Å². The Bertz CT molecular complexity index is 670. The zero-order chi connectivity index (χ0) is 13.3. The Balaban J connectivity index is 2.49. The monoisotopic (exact) mass is 266 g/mol. The van der Waals surface area contributed by atoms with Crippen LogP contribution in [-0.2, 0) is 6.42 Å². The van der Waals surface area contributed by atoms with Crippen LogP contribution in [0.2, 0.25) is 0 Å². The van der Waals surface area contributed by atoms with Crippen molar-refractivity contribution in [3.05, 3.63) is 43.0 Å². The molecule has 0 saturated carbocycles. The van der Waals surface area contributed by atoms with Crippen LogP contribution in [0.25, 0.3) is 0 Å². The molecule has 0 aromatic carbocycles. The second-order valence-electron chi connectivity index (χ2n) is 3.93. The third-order valence-electron chi connectivity index (χ3n) is 2.67. The van der Waals surface area contributed by atoms with Gasteiger partial charge in [0.05, 0.1) is 6.04 Å². The molecule has 2 aromatic heterocycles. The standard InChI is InChI=1S/C11H14N4O2S/c1-3-7-5-13-10(18-7)6(2)15-8(12)4-9(16)14-11(15)17/h4-6H,3,12H2,1-2H3,(H,14,16,17). The molecule has 0 aliphatic carbocycles. The smallest absolute Gasteiger partial charge is 0.330 e. The molecular weight excluding hydrogens is 252 g/mol. The van der Waals surface area contributed by atoms with Gasteiger partial charge in [-0.15, -0.1) is 11.3 Å². The highest BCUT2D eigenvalue weighted by atomic mass is 32.1. The summed E-state index contributed by atoms with van der Waals surface area (Å²) >= 11 is 1.54. The fourth-order valence-corrected chi connectivity index (χ4v) is 2.61. The zero-order valence-electron chi connectivity index (χ0n) is 10.1. The lowest BCUT2D eigenvalue weighted by molar-refractivity contribution is 0.601. The summed E-state index contributed by atoms with van der Waals surface area (Å²) in [6.07, 6.45) is 2.70. The van der Waals surface area contributed by atoms with Crippen LogP contribution in [-0.4, -0.2) is 14.5 Å². The van der Waals surface area contributed by atoms with E-state index in [0.29, 0.717) is 0 Å². The van der Waals surface area contributed by atoms with Crippen LogP contribution in [0.3, 0.4) is 0 Å². The second kappa shape index (κ2) is 4.77. The molecule has 1 atom stereocenters. The highest BCUT2D eigenvalue weighted by Gasteiger charge is 2.16. The highest BCUT2D eigenvalue weighted by molar-refractivity contribution is 7.11. The molecule has 0 aliphatic heterocycles. The number of nitrogens with two attached hydrogens (primary N) is 1. The van der Waals surface area contributed by atoms with E-state index in [1.807, 2.05) is 13.8 Å².